The van der Waals surface area contributed by atoms with Crippen LogP contribution in [0, 0.1) is 20.8 Å². The number of benzene rings is 2. The molecule has 1 N–H and O–H groups in total. The first-order chi connectivity index (χ1) is 19.3. The van der Waals surface area contributed by atoms with Gasteiger partial charge in [0.1, 0.15) is 17.0 Å². The summed E-state index contributed by atoms with van der Waals surface area (Å²) >= 11 is 1.31. The van der Waals surface area contributed by atoms with E-state index in [0.29, 0.717) is 41.7 Å². The fourth-order valence-electron chi connectivity index (χ4n) is 5.30. The minimum Gasteiger partial charge on any atom is -0.497 e. The molecular formula is C31H38N4O4S. The Kier molecular flexibility index (Phi) is 9.68. The number of amides is 2. The van der Waals surface area contributed by atoms with Crippen molar-refractivity contribution in [2.45, 2.75) is 70.1 Å². The van der Waals surface area contributed by atoms with Crippen molar-refractivity contribution in [1.29, 1.82) is 0 Å². The first-order valence-electron chi connectivity index (χ1n) is 13.6. The lowest BCUT2D eigenvalue weighted by molar-refractivity contribution is -0.146. The van der Waals surface area contributed by atoms with Crippen LogP contribution >= 0.6 is 11.8 Å². The molecule has 8 nitrogen and oxygen atoms in total. The van der Waals surface area contributed by atoms with Crippen molar-refractivity contribution in [3.05, 3.63) is 71.0 Å². The van der Waals surface area contributed by atoms with E-state index in [4.69, 9.17) is 9.47 Å². The second-order valence-electron chi connectivity index (χ2n) is 10.2. The Bertz CT molecular complexity index is 1340. The highest BCUT2D eigenvalue weighted by atomic mass is 32.2. The standard InChI is InChI=1S/C31H38N4O4S/c1-21-11-7-8-12-24(21)19-35(28(36)20-40-30-32-22(2)17-23(3)33-30)31(15-9-6-10-16-31)29(37)34-26-14-13-25(38-4)18-27(26)39-5/h7-8,11-14,17-18H,6,9-10,15-16,19-20H2,1-5H3,(H,34,37). The monoisotopic (exact) mass is 562 g/mol. The second-order valence-corrected chi connectivity index (χ2v) is 11.2. The Labute approximate surface area is 240 Å². The van der Waals surface area contributed by atoms with Gasteiger partial charge in [-0.15, -0.1) is 0 Å². The number of carbonyl (C=O) groups is 2. The van der Waals surface area contributed by atoms with Crippen LogP contribution in [-0.4, -0.2) is 52.2 Å². The zero-order valence-corrected chi connectivity index (χ0v) is 24.8. The average molecular weight is 563 g/mol. The van der Waals surface area contributed by atoms with Gasteiger partial charge < -0.3 is 19.7 Å². The fourth-order valence-corrected chi connectivity index (χ4v) is 6.12. The number of methoxy groups -OCH3 is 2. The maximum Gasteiger partial charge on any atom is 0.250 e. The maximum absolute atomic E-state index is 14.3. The van der Waals surface area contributed by atoms with Gasteiger partial charge in [-0.2, -0.15) is 0 Å². The molecule has 4 rings (SSSR count). The molecule has 0 aliphatic heterocycles. The van der Waals surface area contributed by atoms with E-state index in [9.17, 15) is 9.59 Å². The van der Waals surface area contributed by atoms with Gasteiger partial charge in [0, 0.05) is 24.0 Å². The van der Waals surface area contributed by atoms with Gasteiger partial charge >= 0.3 is 0 Å². The van der Waals surface area contributed by atoms with Crippen molar-refractivity contribution in [2.75, 3.05) is 25.3 Å². The van der Waals surface area contributed by atoms with Gasteiger partial charge in [-0.3, -0.25) is 9.59 Å². The third-order valence-corrected chi connectivity index (χ3v) is 8.29. The van der Waals surface area contributed by atoms with Gasteiger partial charge in [0.15, 0.2) is 5.16 Å². The highest BCUT2D eigenvalue weighted by molar-refractivity contribution is 7.99. The second kappa shape index (κ2) is 13.2. The summed E-state index contributed by atoms with van der Waals surface area (Å²) in [5, 5.41) is 3.66. The normalized spacial score (nSPS) is 14.3. The van der Waals surface area contributed by atoms with E-state index >= 15 is 0 Å². The molecular weight excluding hydrogens is 524 g/mol. The minimum atomic E-state index is -1.01. The minimum absolute atomic E-state index is 0.116. The van der Waals surface area contributed by atoms with Crippen LogP contribution in [0.25, 0.3) is 0 Å². The highest BCUT2D eigenvalue weighted by Gasteiger charge is 2.47. The predicted octanol–water partition coefficient (Wildman–Crippen LogP) is 5.88. The van der Waals surface area contributed by atoms with Gasteiger partial charge in [-0.1, -0.05) is 55.3 Å². The molecule has 1 saturated carbocycles. The van der Waals surface area contributed by atoms with E-state index in [2.05, 4.69) is 15.3 Å². The van der Waals surface area contributed by atoms with Crippen molar-refractivity contribution in [1.82, 2.24) is 14.9 Å². The molecule has 212 valence electrons. The predicted molar refractivity (Wildman–Crippen MR) is 158 cm³/mol. The van der Waals surface area contributed by atoms with E-state index in [1.54, 1.807) is 37.3 Å². The number of anilines is 1. The lowest BCUT2D eigenvalue weighted by Gasteiger charge is -2.45. The summed E-state index contributed by atoms with van der Waals surface area (Å²) in [4.78, 5) is 39.2. The van der Waals surface area contributed by atoms with Gasteiger partial charge in [0.25, 0.3) is 0 Å². The van der Waals surface area contributed by atoms with Gasteiger partial charge in [-0.05, 0) is 62.9 Å². The maximum atomic E-state index is 14.3. The van der Waals surface area contributed by atoms with Crippen LogP contribution in [0.4, 0.5) is 5.69 Å². The summed E-state index contributed by atoms with van der Waals surface area (Å²) in [5.74, 6) is 0.942. The molecule has 1 aliphatic carbocycles. The molecule has 0 atom stereocenters. The third kappa shape index (κ3) is 6.75. The number of aromatic nitrogens is 2. The van der Waals surface area contributed by atoms with Crippen LogP contribution in [0.3, 0.4) is 0 Å². The van der Waals surface area contributed by atoms with Crippen LogP contribution in [0.1, 0.15) is 54.6 Å². The molecule has 0 spiro atoms. The zero-order chi connectivity index (χ0) is 28.7. The van der Waals surface area contributed by atoms with Crippen LogP contribution in [0.5, 0.6) is 11.5 Å². The van der Waals surface area contributed by atoms with Gasteiger partial charge in [0.2, 0.25) is 11.8 Å². The van der Waals surface area contributed by atoms with Crippen LogP contribution in [0.15, 0.2) is 53.7 Å². The number of carbonyl (C=O) groups excluding carboxylic acids is 2. The number of hydrogen-bond acceptors (Lipinski definition) is 7. The molecule has 2 aromatic carbocycles. The number of hydrogen-bond donors (Lipinski definition) is 1. The van der Waals surface area contributed by atoms with Crippen LogP contribution < -0.4 is 14.8 Å². The van der Waals surface area contributed by atoms with Crippen LogP contribution in [-0.2, 0) is 16.1 Å². The molecule has 2 amide bonds. The molecule has 1 aromatic heterocycles. The molecule has 1 heterocycles. The topological polar surface area (TPSA) is 93.7 Å². The number of ether oxygens (including phenoxy) is 2. The zero-order valence-electron chi connectivity index (χ0n) is 24.0. The van der Waals surface area contributed by atoms with E-state index < -0.39 is 5.54 Å². The van der Waals surface area contributed by atoms with Gasteiger partial charge in [-0.25, -0.2) is 9.97 Å². The summed E-state index contributed by atoms with van der Waals surface area (Å²) < 4.78 is 10.9. The van der Waals surface area contributed by atoms with E-state index in [0.717, 1.165) is 41.8 Å². The Balaban J connectivity index is 1.69. The molecule has 0 unspecified atom stereocenters. The molecule has 9 heteroatoms. The lowest BCUT2D eigenvalue weighted by Crippen LogP contribution is -2.60. The number of rotatable bonds is 10. The number of nitrogens with zero attached hydrogens (tertiary/aromatic N) is 3. The Morgan fingerprint density at radius 3 is 2.30 bits per heavy atom. The van der Waals surface area contributed by atoms with E-state index in [1.807, 2.05) is 51.1 Å². The van der Waals surface area contributed by atoms with Gasteiger partial charge in [0.05, 0.1) is 25.7 Å². The third-order valence-electron chi connectivity index (χ3n) is 7.45. The summed E-state index contributed by atoms with van der Waals surface area (Å²) in [6.07, 6.45) is 3.91. The first kappa shape index (κ1) is 29.4. The molecule has 1 aliphatic rings. The molecule has 0 bridgehead atoms. The first-order valence-corrected chi connectivity index (χ1v) is 14.6. The van der Waals surface area contributed by atoms with Crippen molar-refractivity contribution < 1.29 is 19.1 Å². The summed E-state index contributed by atoms with van der Waals surface area (Å²) in [6, 6.07) is 15.2. The van der Waals surface area contributed by atoms with Crippen molar-refractivity contribution in [3.8, 4) is 11.5 Å². The van der Waals surface area contributed by atoms with Crippen molar-refractivity contribution >= 4 is 29.3 Å². The highest BCUT2D eigenvalue weighted by Crippen LogP contribution is 2.38. The van der Waals surface area contributed by atoms with E-state index in [1.165, 1.54) is 11.8 Å². The summed E-state index contributed by atoms with van der Waals surface area (Å²) in [5.41, 5.74) is 3.34. The quantitative estimate of drug-likeness (QED) is 0.244. The molecule has 3 aromatic rings. The van der Waals surface area contributed by atoms with Crippen molar-refractivity contribution in [2.24, 2.45) is 0 Å². The lowest BCUT2D eigenvalue weighted by atomic mass is 9.78. The van der Waals surface area contributed by atoms with E-state index in [-0.39, 0.29) is 17.6 Å². The smallest absolute Gasteiger partial charge is 0.250 e. The van der Waals surface area contributed by atoms with Crippen LogP contribution in [0.2, 0.25) is 0 Å². The number of thioether (sulfide) groups is 1. The Morgan fingerprint density at radius 2 is 1.65 bits per heavy atom. The summed E-state index contributed by atoms with van der Waals surface area (Å²) in [6.45, 7) is 6.21. The average Bonchev–Trinajstić information content (AvgIpc) is 2.95. The number of nitrogens with one attached hydrogen (secondary N) is 1. The Morgan fingerprint density at radius 1 is 0.950 bits per heavy atom. The summed E-state index contributed by atoms with van der Waals surface area (Å²) in [7, 11) is 3.14. The van der Waals surface area contributed by atoms with Crippen molar-refractivity contribution in [3.63, 3.8) is 0 Å². The molecule has 0 saturated heterocycles. The fraction of sp³-hybridized carbons (Fsp3) is 0.419. The number of aryl methyl sites for hydroxylation is 3. The molecule has 1 fully saturated rings. The largest absolute Gasteiger partial charge is 0.497 e. The molecule has 40 heavy (non-hydrogen) atoms. The SMILES string of the molecule is COc1ccc(NC(=O)C2(N(Cc3ccccc3C)C(=O)CSc3nc(C)cc(C)n3)CCCCC2)c(OC)c1. The Hall–Kier alpha value is -3.59. The molecule has 0 radical (unpaired) electrons.